The van der Waals surface area contributed by atoms with Crippen molar-refractivity contribution in [1.29, 1.82) is 0 Å². The fourth-order valence-corrected chi connectivity index (χ4v) is 5.47. The van der Waals surface area contributed by atoms with Gasteiger partial charge in [-0.05, 0) is 47.5 Å². The summed E-state index contributed by atoms with van der Waals surface area (Å²) in [5.41, 5.74) is 0.861. The Morgan fingerprint density at radius 2 is 1.37 bits per heavy atom. The number of carbonyl (C=O) groups is 5. The summed E-state index contributed by atoms with van der Waals surface area (Å²) in [4.78, 5) is 61.5. The first-order valence-electron chi connectivity index (χ1n) is 12.5. The van der Waals surface area contributed by atoms with Crippen LogP contribution in [-0.2, 0) is 30.3 Å². The fraction of sp³-hybridized carbons (Fsp3) is 0.276. The van der Waals surface area contributed by atoms with Crippen molar-refractivity contribution in [3.8, 4) is 0 Å². The van der Waals surface area contributed by atoms with E-state index < -0.39 is 65.6 Å². The van der Waals surface area contributed by atoms with E-state index >= 15 is 0 Å². The molecule has 3 aromatic carbocycles. The largest absolute Gasteiger partial charge is 0.481 e. The number of esters is 1. The Kier molecular flexibility index (Phi) is 8.84. The summed E-state index contributed by atoms with van der Waals surface area (Å²) >= 11 is 12.2. The maximum Gasteiger partial charge on any atom is 0.338 e. The molecule has 1 amide bonds. The van der Waals surface area contributed by atoms with Crippen LogP contribution < -0.4 is 5.32 Å². The summed E-state index contributed by atoms with van der Waals surface area (Å²) in [7, 11) is 0. The average Bonchev–Trinajstić information content (AvgIpc) is 2.88. The number of halogens is 2. The Morgan fingerprint density at radius 1 is 0.780 bits per heavy atom. The Bertz CT molecular complexity index is 1520. The van der Waals surface area contributed by atoms with Crippen LogP contribution in [0.2, 0.25) is 10.0 Å². The number of hydrogen-bond acceptors (Lipinski definition) is 6. The number of carbonyl (C=O) groups excluding carboxylic acids is 2. The third kappa shape index (κ3) is 6.28. The van der Waals surface area contributed by atoms with Crippen LogP contribution in [0.25, 0.3) is 10.8 Å². The lowest BCUT2D eigenvalue weighted by Crippen LogP contribution is -2.63. The van der Waals surface area contributed by atoms with Gasteiger partial charge in [0.05, 0.1) is 45.3 Å². The topological polar surface area (TPSA) is 167 Å². The zero-order valence-electron chi connectivity index (χ0n) is 21.5. The van der Waals surface area contributed by atoms with Crippen molar-refractivity contribution in [1.82, 2.24) is 5.32 Å². The van der Waals surface area contributed by atoms with Gasteiger partial charge in [0.1, 0.15) is 6.10 Å². The van der Waals surface area contributed by atoms with Gasteiger partial charge in [-0.3, -0.25) is 19.2 Å². The molecule has 6 atom stereocenters. The maximum atomic E-state index is 13.2. The number of carboxylic acid groups (broad SMARTS) is 3. The fourth-order valence-electron chi connectivity index (χ4n) is 5.15. The summed E-state index contributed by atoms with van der Waals surface area (Å²) in [5, 5.41) is 33.3. The predicted molar refractivity (Wildman–Crippen MR) is 148 cm³/mol. The molecule has 214 valence electrons. The summed E-state index contributed by atoms with van der Waals surface area (Å²) in [5.74, 6) is -13.4. The molecule has 4 rings (SSSR count). The first-order chi connectivity index (χ1) is 19.4. The van der Waals surface area contributed by atoms with Gasteiger partial charge in [0.25, 0.3) is 0 Å². The van der Waals surface area contributed by atoms with Crippen molar-refractivity contribution in [2.75, 3.05) is 0 Å². The molecule has 3 aromatic rings. The number of carboxylic acids is 3. The van der Waals surface area contributed by atoms with Crippen molar-refractivity contribution in [2.45, 2.75) is 25.5 Å². The normalized spacial score (nSPS) is 21.2. The number of benzene rings is 3. The predicted octanol–water partition coefficient (Wildman–Crippen LogP) is 4.15. The SMILES string of the molecule is C[C@H](NC(=O)C1[C@H](C(=O)O)C(C(=O)O)[C@@H]1C(=O)O)[C@H](Cc1ccc(Cl)c(Cl)c1)OC(=O)c1ccc2ccccc2c1. The van der Waals surface area contributed by atoms with E-state index in [2.05, 4.69) is 5.32 Å². The van der Waals surface area contributed by atoms with E-state index in [9.17, 15) is 39.3 Å². The smallest absolute Gasteiger partial charge is 0.338 e. The lowest BCUT2D eigenvalue weighted by molar-refractivity contribution is -0.187. The van der Waals surface area contributed by atoms with E-state index in [1.54, 1.807) is 36.4 Å². The summed E-state index contributed by atoms with van der Waals surface area (Å²) in [6.07, 6.45) is -0.956. The summed E-state index contributed by atoms with van der Waals surface area (Å²) < 4.78 is 5.81. The minimum absolute atomic E-state index is 0.0603. The maximum absolute atomic E-state index is 13.2. The molecule has 1 saturated carbocycles. The standard InChI is InChI=1S/C29H25Cl2NO9/c1-13(32-25(33)21-22(26(34)35)24(28(38)39)23(21)27(36)37)20(11-14-6-9-18(30)19(31)10-14)41-29(40)17-8-7-15-4-2-3-5-16(15)12-17/h2-10,12-13,20-24H,11H2,1H3,(H,32,33)(H,34,35)(H,36,37)(H,38,39)/t13-,20-,21?,22-,23+,24?/m0/s1. The monoisotopic (exact) mass is 601 g/mol. The number of nitrogens with one attached hydrogen (secondary N) is 1. The van der Waals surface area contributed by atoms with E-state index in [0.29, 0.717) is 10.6 Å². The van der Waals surface area contributed by atoms with Gasteiger partial charge in [0.15, 0.2) is 0 Å². The Hall–Kier alpha value is -4.15. The molecule has 1 fully saturated rings. The second-order valence-corrected chi connectivity index (χ2v) is 10.7. The van der Waals surface area contributed by atoms with E-state index in [-0.39, 0.29) is 17.0 Å². The number of aliphatic carboxylic acids is 3. The number of rotatable bonds is 10. The average molecular weight is 602 g/mol. The molecule has 0 radical (unpaired) electrons. The number of hydrogen-bond donors (Lipinski definition) is 4. The third-order valence-electron chi connectivity index (χ3n) is 7.30. The third-order valence-corrected chi connectivity index (χ3v) is 8.04. The molecular weight excluding hydrogens is 577 g/mol. The molecule has 2 unspecified atom stereocenters. The van der Waals surface area contributed by atoms with Crippen LogP contribution >= 0.6 is 23.2 Å². The highest BCUT2D eigenvalue weighted by Crippen LogP contribution is 2.47. The lowest BCUT2D eigenvalue weighted by atomic mass is 9.56. The van der Waals surface area contributed by atoms with Crippen LogP contribution in [0.3, 0.4) is 0 Å². The van der Waals surface area contributed by atoms with Crippen molar-refractivity contribution in [3.05, 3.63) is 81.8 Å². The molecule has 0 saturated heterocycles. The van der Waals surface area contributed by atoms with Gasteiger partial charge in [-0.1, -0.05) is 59.6 Å². The Morgan fingerprint density at radius 3 is 1.95 bits per heavy atom. The van der Waals surface area contributed by atoms with Crippen molar-refractivity contribution in [3.63, 3.8) is 0 Å². The zero-order valence-corrected chi connectivity index (χ0v) is 23.0. The van der Waals surface area contributed by atoms with Gasteiger partial charge in [0.2, 0.25) is 5.91 Å². The van der Waals surface area contributed by atoms with Gasteiger partial charge < -0.3 is 25.4 Å². The van der Waals surface area contributed by atoms with Crippen LogP contribution in [0, 0.1) is 23.7 Å². The van der Waals surface area contributed by atoms with Crippen molar-refractivity contribution >= 4 is 63.8 Å². The second kappa shape index (κ2) is 12.2. The second-order valence-electron chi connectivity index (χ2n) is 9.87. The highest BCUT2D eigenvalue weighted by Gasteiger charge is 2.64. The summed E-state index contributed by atoms with van der Waals surface area (Å²) in [6.45, 7) is 1.51. The molecule has 1 aliphatic carbocycles. The zero-order chi connectivity index (χ0) is 30.0. The quantitative estimate of drug-likeness (QED) is 0.249. The lowest BCUT2D eigenvalue weighted by Gasteiger charge is -2.44. The molecule has 41 heavy (non-hydrogen) atoms. The van der Waals surface area contributed by atoms with Gasteiger partial charge in [-0.15, -0.1) is 0 Å². The van der Waals surface area contributed by atoms with Gasteiger partial charge in [0, 0.05) is 6.42 Å². The highest BCUT2D eigenvalue weighted by atomic mass is 35.5. The molecule has 0 spiro atoms. The van der Waals surface area contributed by atoms with Crippen LogP contribution in [0.5, 0.6) is 0 Å². The molecule has 0 aliphatic heterocycles. The van der Waals surface area contributed by atoms with Crippen LogP contribution in [0.4, 0.5) is 0 Å². The van der Waals surface area contributed by atoms with Gasteiger partial charge in [-0.25, -0.2) is 4.79 Å². The van der Waals surface area contributed by atoms with Crippen LogP contribution in [0.15, 0.2) is 60.7 Å². The van der Waals surface area contributed by atoms with E-state index in [0.717, 1.165) is 10.8 Å². The molecule has 1 aliphatic rings. The molecule has 4 N–H and O–H groups in total. The molecule has 0 aromatic heterocycles. The Labute approximate surface area is 243 Å². The highest BCUT2D eigenvalue weighted by molar-refractivity contribution is 6.42. The Balaban J connectivity index is 1.59. The van der Waals surface area contributed by atoms with Gasteiger partial charge in [-0.2, -0.15) is 0 Å². The van der Waals surface area contributed by atoms with Crippen molar-refractivity contribution in [2.24, 2.45) is 23.7 Å². The molecular formula is C29H25Cl2NO9. The number of fused-ring (bicyclic) bond motifs is 1. The number of ether oxygens (including phenoxy) is 1. The van der Waals surface area contributed by atoms with Crippen molar-refractivity contribution < 1.29 is 44.0 Å². The first kappa shape index (κ1) is 29.8. The molecule has 0 heterocycles. The molecule has 10 nitrogen and oxygen atoms in total. The van der Waals surface area contributed by atoms with E-state index in [4.69, 9.17) is 27.9 Å². The minimum Gasteiger partial charge on any atom is -0.481 e. The van der Waals surface area contributed by atoms with Crippen LogP contribution in [0.1, 0.15) is 22.8 Å². The van der Waals surface area contributed by atoms with Crippen LogP contribution in [-0.4, -0.2) is 57.2 Å². The first-order valence-corrected chi connectivity index (χ1v) is 13.3. The van der Waals surface area contributed by atoms with E-state index in [1.807, 2.05) is 24.3 Å². The summed E-state index contributed by atoms with van der Waals surface area (Å²) in [6, 6.07) is 16.3. The minimum atomic E-state index is -1.77. The van der Waals surface area contributed by atoms with Gasteiger partial charge >= 0.3 is 23.9 Å². The molecule has 0 bridgehead atoms. The molecule has 12 heteroatoms. The van der Waals surface area contributed by atoms with E-state index in [1.165, 1.54) is 6.92 Å². The number of amides is 1.